The van der Waals surface area contributed by atoms with Crippen LogP contribution < -0.4 is 0 Å². The molecule has 4 fully saturated rings. The molecular formula is C20H27NO3. The Morgan fingerprint density at radius 1 is 1.12 bits per heavy atom. The third kappa shape index (κ3) is 1.48. The zero-order valence-corrected chi connectivity index (χ0v) is 14.6. The maximum Gasteiger partial charge on any atom is 0.146 e. The van der Waals surface area contributed by atoms with Gasteiger partial charge in [-0.25, -0.2) is 0 Å². The molecule has 0 aromatic carbocycles. The lowest BCUT2D eigenvalue weighted by Gasteiger charge is -2.58. The van der Waals surface area contributed by atoms with Crippen LogP contribution in [0.5, 0.6) is 0 Å². The van der Waals surface area contributed by atoms with Gasteiger partial charge in [-0.2, -0.15) is 5.26 Å². The molecular weight excluding hydrogens is 302 g/mol. The molecule has 4 heteroatoms. The average Bonchev–Trinajstić information content (AvgIpc) is 3.23. The molecule has 0 radical (unpaired) electrons. The zero-order valence-electron chi connectivity index (χ0n) is 14.6. The first-order valence-electron chi connectivity index (χ1n) is 9.55. The number of aliphatic hydroxyl groups excluding tert-OH is 2. The van der Waals surface area contributed by atoms with Crippen LogP contribution in [0.3, 0.4) is 0 Å². The SMILES string of the molecule is C[C@]12CC[C@@H]3[C@@H](CC[C@@]45O[C@@H]4C(O)=C(C#N)C[C@]35C)[C@@H]1CCC2O. The van der Waals surface area contributed by atoms with Gasteiger partial charge in [0.2, 0.25) is 0 Å². The number of ether oxygens (including phenoxy) is 1. The van der Waals surface area contributed by atoms with Gasteiger partial charge in [-0.3, -0.25) is 0 Å². The monoisotopic (exact) mass is 329 g/mol. The van der Waals surface area contributed by atoms with Crippen LogP contribution >= 0.6 is 0 Å². The molecule has 0 aromatic heterocycles. The molecule has 1 unspecified atom stereocenters. The van der Waals surface area contributed by atoms with Crippen molar-refractivity contribution in [1.82, 2.24) is 0 Å². The molecule has 2 N–H and O–H groups in total. The van der Waals surface area contributed by atoms with Crippen LogP contribution in [0.25, 0.3) is 0 Å². The van der Waals surface area contributed by atoms with Crippen LogP contribution in [-0.4, -0.2) is 28.0 Å². The van der Waals surface area contributed by atoms with Crippen LogP contribution in [0.4, 0.5) is 0 Å². The molecule has 4 nitrogen and oxygen atoms in total. The smallest absolute Gasteiger partial charge is 0.146 e. The summed E-state index contributed by atoms with van der Waals surface area (Å²) in [5.41, 5.74) is 0.336. The summed E-state index contributed by atoms with van der Waals surface area (Å²) in [6, 6.07) is 2.23. The second-order valence-corrected chi connectivity index (χ2v) is 9.51. The molecule has 0 bridgehead atoms. The van der Waals surface area contributed by atoms with Gasteiger partial charge < -0.3 is 14.9 Å². The predicted molar refractivity (Wildman–Crippen MR) is 87.9 cm³/mol. The van der Waals surface area contributed by atoms with E-state index in [4.69, 9.17) is 4.74 Å². The van der Waals surface area contributed by atoms with Crippen molar-refractivity contribution >= 4 is 0 Å². The van der Waals surface area contributed by atoms with Gasteiger partial charge in [0.25, 0.3) is 0 Å². The number of allylic oxidation sites excluding steroid dienone is 1. The van der Waals surface area contributed by atoms with E-state index in [2.05, 4.69) is 19.9 Å². The second-order valence-electron chi connectivity index (χ2n) is 9.51. The molecule has 0 amide bonds. The highest BCUT2D eigenvalue weighted by Crippen LogP contribution is 2.73. The van der Waals surface area contributed by atoms with Crippen molar-refractivity contribution in [3.63, 3.8) is 0 Å². The normalized spacial score (nSPS) is 58.2. The Morgan fingerprint density at radius 3 is 2.67 bits per heavy atom. The van der Waals surface area contributed by atoms with Crippen molar-refractivity contribution in [3.05, 3.63) is 11.3 Å². The van der Waals surface area contributed by atoms with Gasteiger partial charge in [-0.1, -0.05) is 13.8 Å². The van der Waals surface area contributed by atoms with Crippen molar-refractivity contribution in [2.75, 3.05) is 0 Å². The highest BCUT2D eigenvalue weighted by Gasteiger charge is 2.76. The van der Waals surface area contributed by atoms with Gasteiger partial charge in [-0.15, -0.1) is 0 Å². The summed E-state index contributed by atoms with van der Waals surface area (Å²) in [5, 5.41) is 30.4. The molecule has 1 heterocycles. The third-order valence-corrected chi connectivity index (χ3v) is 8.95. The van der Waals surface area contributed by atoms with Gasteiger partial charge in [0.15, 0.2) is 0 Å². The first-order valence-corrected chi connectivity index (χ1v) is 9.55. The van der Waals surface area contributed by atoms with Gasteiger partial charge >= 0.3 is 0 Å². The number of nitrogens with zero attached hydrogens (tertiary/aromatic N) is 1. The van der Waals surface area contributed by atoms with E-state index in [0.29, 0.717) is 29.7 Å². The molecule has 5 rings (SSSR count). The fourth-order valence-electron chi connectivity index (χ4n) is 7.50. The molecule has 1 saturated heterocycles. The highest BCUT2D eigenvalue weighted by atomic mass is 16.6. The molecule has 3 saturated carbocycles. The van der Waals surface area contributed by atoms with Crippen molar-refractivity contribution in [1.29, 1.82) is 5.26 Å². The van der Waals surface area contributed by atoms with E-state index >= 15 is 0 Å². The minimum absolute atomic E-state index is 0.0489. The van der Waals surface area contributed by atoms with E-state index < -0.39 is 0 Å². The Labute approximate surface area is 143 Å². The fraction of sp³-hybridized carbons (Fsp3) is 0.850. The van der Waals surface area contributed by atoms with Crippen molar-refractivity contribution in [3.8, 4) is 6.07 Å². The molecule has 5 aliphatic rings. The first kappa shape index (κ1) is 15.2. The number of nitriles is 1. The molecule has 8 atom stereocenters. The Hall–Kier alpha value is -1.05. The summed E-state index contributed by atoms with van der Waals surface area (Å²) in [6.07, 6.45) is 6.65. The molecule has 1 aliphatic heterocycles. The summed E-state index contributed by atoms with van der Waals surface area (Å²) < 4.78 is 6.11. The van der Waals surface area contributed by atoms with Crippen LogP contribution in [0.15, 0.2) is 11.3 Å². The standard InChI is InChI=1S/C20H27NO3/c1-18-7-6-14-12(13(18)3-4-15(18)22)5-8-20-17(24-20)16(23)11(10-21)9-19(14,20)2/h12-15,17,22-23H,3-9H2,1-2H3/t12-,13-,14+,15?,17+,18-,19+,20+/m0/s1. The summed E-state index contributed by atoms with van der Waals surface area (Å²) in [7, 11) is 0. The van der Waals surface area contributed by atoms with Crippen LogP contribution in [0.2, 0.25) is 0 Å². The van der Waals surface area contributed by atoms with E-state index in [1.165, 1.54) is 0 Å². The summed E-state index contributed by atoms with van der Waals surface area (Å²) in [5.74, 6) is 1.96. The van der Waals surface area contributed by atoms with E-state index in [-0.39, 0.29) is 34.4 Å². The van der Waals surface area contributed by atoms with E-state index in [1.807, 2.05) is 0 Å². The zero-order chi connectivity index (χ0) is 16.9. The Kier molecular flexibility index (Phi) is 2.77. The Bertz CT molecular complexity index is 681. The van der Waals surface area contributed by atoms with Crippen LogP contribution in [0, 0.1) is 39.9 Å². The van der Waals surface area contributed by atoms with Crippen molar-refractivity contribution < 1.29 is 14.9 Å². The lowest BCUT2D eigenvalue weighted by atomic mass is 9.45. The molecule has 1 spiro atoms. The van der Waals surface area contributed by atoms with E-state index in [9.17, 15) is 15.5 Å². The number of epoxide rings is 1. The number of rotatable bonds is 0. The summed E-state index contributed by atoms with van der Waals surface area (Å²) >= 11 is 0. The quantitative estimate of drug-likeness (QED) is 0.667. The maximum absolute atomic E-state index is 10.5. The van der Waals surface area contributed by atoms with E-state index in [1.54, 1.807) is 0 Å². The van der Waals surface area contributed by atoms with Gasteiger partial charge in [-0.05, 0) is 68.1 Å². The van der Waals surface area contributed by atoms with E-state index in [0.717, 1.165) is 38.5 Å². The van der Waals surface area contributed by atoms with Crippen LogP contribution in [0.1, 0.15) is 58.8 Å². The lowest BCUT2D eigenvalue weighted by Crippen LogP contribution is -2.57. The molecule has 4 aliphatic carbocycles. The molecule has 24 heavy (non-hydrogen) atoms. The second kappa shape index (κ2) is 4.37. The fourth-order valence-corrected chi connectivity index (χ4v) is 7.50. The van der Waals surface area contributed by atoms with Crippen molar-refractivity contribution in [2.45, 2.75) is 76.6 Å². The maximum atomic E-state index is 10.5. The lowest BCUT2D eigenvalue weighted by molar-refractivity contribution is -0.116. The average molecular weight is 329 g/mol. The van der Waals surface area contributed by atoms with Gasteiger partial charge in [0.1, 0.15) is 17.5 Å². The van der Waals surface area contributed by atoms with Gasteiger partial charge in [0.05, 0.1) is 17.7 Å². The Balaban J connectivity index is 1.55. The number of aliphatic hydroxyl groups is 2. The van der Waals surface area contributed by atoms with Crippen molar-refractivity contribution in [2.24, 2.45) is 28.6 Å². The third-order valence-electron chi connectivity index (χ3n) is 8.95. The number of hydrogen-bond acceptors (Lipinski definition) is 4. The molecule has 0 aromatic rings. The van der Waals surface area contributed by atoms with Gasteiger partial charge in [0, 0.05) is 5.41 Å². The minimum atomic E-state index is -0.241. The summed E-state index contributed by atoms with van der Waals surface area (Å²) in [6.45, 7) is 4.60. The highest BCUT2D eigenvalue weighted by molar-refractivity contribution is 5.41. The minimum Gasteiger partial charge on any atom is -0.508 e. The first-order chi connectivity index (χ1) is 11.4. The summed E-state index contributed by atoms with van der Waals surface area (Å²) in [4.78, 5) is 0. The number of fused-ring (bicyclic) bond motifs is 4. The molecule has 130 valence electrons. The van der Waals surface area contributed by atoms with Crippen LogP contribution in [-0.2, 0) is 4.74 Å². The number of hydrogen-bond donors (Lipinski definition) is 2. The predicted octanol–water partition coefficient (Wildman–Crippen LogP) is 3.47. The Morgan fingerprint density at radius 2 is 1.92 bits per heavy atom. The topological polar surface area (TPSA) is 76.8 Å². The largest absolute Gasteiger partial charge is 0.508 e.